The summed E-state index contributed by atoms with van der Waals surface area (Å²) in [4.78, 5) is 13.2. The minimum Gasteiger partial charge on any atom is -0.492 e. The van der Waals surface area contributed by atoms with Crippen molar-refractivity contribution in [2.75, 3.05) is 26.7 Å². The highest BCUT2D eigenvalue weighted by Crippen LogP contribution is 2.41. The van der Waals surface area contributed by atoms with Gasteiger partial charge in [0.25, 0.3) is 0 Å². The Balaban J connectivity index is 1.54. The average molecular weight is 446 g/mol. The van der Waals surface area contributed by atoms with Crippen molar-refractivity contribution in [2.24, 2.45) is 0 Å². The summed E-state index contributed by atoms with van der Waals surface area (Å²) < 4.78 is 9.03. The van der Waals surface area contributed by atoms with Gasteiger partial charge < -0.3 is 9.64 Å². The number of hydrogen-bond acceptors (Lipinski definition) is 6. The van der Waals surface area contributed by atoms with Gasteiger partial charge in [-0.05, 0) is 51.2 Å². The van der Waals surface area contributed by atoms with E-state index in [1.54, 1.807) is 17.7 Å². The van der Waals surface area contributed by atoms with Gasteiger partial charge >= 0.3 is 0 Å². The SMILES string of the molecule is CN1CCC(n2ncnc2-c2nc3c(s2)CCOc2cc(Br)ccc2-3)CC1. The molecule has 2 aliphatic rings. The van der Waals surface area contributed by atoms with Gasteiger partial charge in [-0.1, -0.05) is 15.9 Å². The topological polar surface area (TPSA) is 56.1 Å². The van der Waals surface area contributed by atoms with Crippen LogP contribution < -0.4 is 4.74 Å². The lowest BCUT2D eigenvalue weighted by atomic mass is 10.1. The van der Waals surface area contributed by atoms with Crippen molar-refractivity contribution < 1.29 is 4.74 Å². The molecule has 6 nitrogen and oxygen atoms in total. The summed E-state index contributed by atoms with van der Waals surface area (Å²) in [5.74, 6) is 1.78. The molecule has 0 radical (unpaired) electrons. The molecule has 0 N–H and O–H groups in total. The molecular formula is C19H20BrN5OS. The summed E-state index contributed by atoms with van der Waals surface area (Å²) in [6.07, 6.45) is 4.72. The van der Waals surface area contributed by atoms with Crippen LogP contribution in [-0.2, 0) is 6.42 Å². The van der Waals surface area contributed by atoms with E-state index in [4.69, 9.17) is 9.72 Å². The molecule has 0 bridgehead atoms. The lowest BCUT2D eigenvalue weighted by Crippen LogP contribution is -2.32. The van der Waals surface area contributed by atoms with E-state index in [9.17, 15) is 0 Å². The summed E-state index contributed by atoms with van der Waals surface area (Å²) in [6, 6.07) is 6.53. The molecule has 1 aromatic carbocycles. The highest BCUT2D eigenvalue weighted by molar-refractivity contribution is 9.10. The van der Waals surface area contributed by atoms with Gasteiger partial charge in [-0.3, -0.25) is 0 Å². The minimum absolute atomic E-state index is 0.397. The zero-order valence-corrected chi connectivity index (χ0v) is 17.5. The van der Waals surface area contributed by atoms with E-state index < -0.39 is 0 Å². The first-order valence-corrected chi connectivity index (χ1v) is 10.8. The van der Waals surface area contributed by atoms with Crippen LogP contribution in [-0.4, -0.2) is 51.4 Å². The highest BCUT2D eigenvalue weighted by atomic mass is 79.9. The quantitative estimate of drug-likeness (QED) is 0.595. The molecule has 0 spiro atoms. The summed E-state index contributed by atoms with van der Waals surface area (Å²) in [5.41, 5.74) is 2.08. The van der Waals surface area contributed by atoms with Crippen LogP contribution in [0.4, 0.5) is 0 Å². The van der Waals surface area contributed by atoms with Crippen molar-refractivity contribution >= 4 is 27.3 Å². The number of thiazole rings is 1. The smallest absolute Gasteiger partial charge is 0.187 e. The number of aromatic nitrogens is 4. The number of likely N-dealkylation sites (tertiary alicyclic amines) is 1. The molecule has 1 saturated heterocycles. The molecule has 2 aromatic heterocycles. The maximum Gasteiger partial charge on any atom is 0.187 e. The highest BCUT2D eigenvalue weighted by Gasteiger charge is 2.26. The molecule has 1 fully saturated rings. The number of nitrogens with zero attached hydrogens (tertiary/aromatic N) is 5. The first-order valence-electron chi connectivity index (χ1n) is 9.20. The van der Waals surface area contributed by atoms with E-state index in [1.807, 2.05) is 12.1 Å². The van der Waals surface area contributed by atoms with E-state index in [-0.39, 0.29) is 0 Å². The van der Waals surface area contributed by atoms with Crippen LogP contribution in [0.25, 0.3) is 22.1 Å². The van der Waals surface area contributed by atoms with E-state index in [2.05, 4.69) is 48.7 Å². The van der Waals surface area contributed by atoms with Crippen molar-refractivity contribution in [1.29, 1.82) is 0 Å². The normalized spacial score (nSPS) is 17.9. The first kappa shape index (κ1) is 17.3. The van der Waals surface area contributed by atoms with Crippen molar-refractivity contribution in [3.05, 3.63) is 33.9 Å². The molecule has 4 heterocycles. The van der Waals surface area contributed by atoms with Crippen LogP contribution in [0.15, 0.2) is 29.0 Å². The van der Waals surface area contributed by atoms with Gasteiger partial charge in [0, 0.05) is 21.3 Å². The second kappa shape index (κ2) is 7.00. The molecule has 0 amide bonds. The fourth-order valence-electron chi connectivity index (χ4n) is 3.80. The number of rotatable bonds is 2. The predicted octanol–water partition coefficient (Wildman–Crippen LogP) is 4.03. The fourth-order valence-corrected chi connectivity index (χ4v) is 5.19. The summed E-state index contributed by atoms with van der Waals surface area (Å²) >= 11 is 5.24. The molecular weight excluding hydrogens is 426 g/mol. The molecule has 27 heavy (non-hydrogen) atoms. The van der Waals surface area contributed by atoms with Crippen LogP contribution in [0.5, 0.6) is 5.75 Å². The van der Waals surface area contributed by atoms with Gasteiger partial charge in [0.2, 0.25) is 0 Å². The monoisotopic (exact) mass is 445 g/mol. The summed E-state index contributed by atoms with van der Waals surface area (Å²) in [5, 5.41) is 5.50. The lowest BCUT2D eigenvalue weighted by Gasteiger charge is -2.29. The molecule has 3 aromatic rings. The second-order valence-electron chi connectivity index (χ2n) is 7.09. The molecule has 0 atom stereocenters. The Morgan fingerprint density at radius 3 is 2.96 bits per heavy atom. The number of benzene rings is 1. The first-order chi connectivity index (χ1) is 13.2. The summed E-state index contributed by atoms with van der Waals surface area (Å²) in [7, 11) is 2.17. The van der Waals surface area contributed by atoms with Crippen LogP contribution in [0.1, 0.15) is 23.8 Å². The van der Waals surface area contributed by atoms with Crippen LogP contribution in [0, 0.1) is 0 Å². The third-order valence-electron chi connectivity index (χ3n) is 5.28. The maximum atomic E-state index is 5.93. The Kier molecular flexibility index (Phi) is 4.49. The number of fused-ring (bicyclic) bond motifs is 3. The zero-order chi connectivity index (χ0) is 18.4. The van der Waals surface area contributed by atoms with Gasteiger partial charge in [0.05, 0.1) is 18.3 Å². The van der Waals surface area contributed by atoms with Crippen LogP contribution in [0.2, 0.25) is 0 Å². The predicted molar refractivity (Wildman–Crippen MR) is 109 cm³/mol. The second-order valence-corrected chi connectivity index (χ2v) is 9.09. The standard InChI is InChI=1S/C19H20BrN5OS/c1-24-7-4-13(5-8-24)25-18(21-11-22-25)19-23-17-14-3-2-12(20)10-15(14)26-9-6-16(17)27-19/h2-3,10-11,13H,4-9H2,1H3. The zero-order valence-electron chi connectivity index (χ0n) is 15.1. The third-order valence-corrected chi connectivity index (χ3v) is 6.89. The Bertz CT molecular complexity index is 976. The van der Waals surface area contributed by atoms with E-state index >= 15 is 0 Å². The van der Waals surface area contributed by atoms with Gasteiger partial charge in [0.15, 0.2) is 10.8 Å². The van der Waals surface area contributed by atoms with E-state index in [1.165, 1.54) is 4.88 Å². The number of ether oxygens (including phenoxy) is 1. The maximum absolute atomic E-state index is 5.93. The van der Waals surface area contributed by atoms with Gasteiger partial charge in [0.1, 0.15) is 12.1 Å². The average Bonchev–Trinajstić information content (AvgIpc) is 3.27. The number of halogens is 1. The Morgan fingerprint density at radius 1 is 1.26 bits per heavy atom. The molecule has 2 aliphatic heterocycles. The third kappa shape index (κ3) is 3.19. The van der Waals surface area contributed by atoms with Gasteiger partial charge in [-0.25, -0.2) is 14.6 Å². The minimum atomic E-state index is 0.397. The molecule has 8 heteroatoms. The molecule has 0 unspecified atom stereocenters. The Labute approximate surface area is 170 Å². The Hall–Kier alpha value is -1.77. The number of hydrogen-bond donors (Lipinski definition) is 0. The molecule has 5 rings (SSSR count). The summed E-state index contributed by atoms with van der Waals surface area (Å²) in [6.45, 7) is 2.86. The van der Waals surface area contributed by atoms with Gasteiger partial charge in [-0.15, -0.1) is 11.3 Å². The molecule has 0 saturated carbocycles. The molecule has 0 aliphatic carbocycles. The van der Waals surface area contributed by atoms with Crippen molar-refractivity contribution in [1.82, 2.24) is 24.6 Å². The fraction of sp³-hybridized carbons (Fsp3) is 0.421. The van der Waals surface area contributed by atoms with Gasteiger partial charge in [-0.2, -0.15) is 5.10 Å². The molecule has 140 valence electrons. The van der Waals surface area contributed by atoms with Crippen molar-refractivity contribution in [3.8, 4) is 27.8 Å². The van der Waals surface area contributed by atoms with E-state index in [0.29, 0.717) is 12.6 Å². The Morgan fingerprint density at radius 2 is 2.11 bits per heavy atom. The number of piperidine rings is 1. The largest absolute Gasteiger partial charge is 0.492 e. The van der Waals surface area contributed by atoms with Crippen LogP contribution >= 0.6 is 27.3 Å². The van der Waals surface area contributed by atoms with Crippen LogP contribution in [0.3, 0.4) is 0 Å². The lowest BCUT2D eigenvalue weighted by molar-refractivity contribution is 0.213. The van der Waals surface area contributed by atoms with E-state index in [0.717, 1.165) is 64.7 Å². The van der Waals surface area contributed by atoms with Crippen molar-refractivity contribution in [3.63, 3.8) is 0 Å². The van der Waals surface area contributed by atoms with Crippen molar-refractivity contribution in [2.45, 2.75) is 25.3 Å².